The lowest BCUT2D eigenvalue weighted by Crippen LogP contribution is -2.44. The number of hydrogen-bond donors (Lipinski definition) is 3. The molecule has 1 fully saturated rings. The Labute approximate surface area is 212 Å². The molecule has 0 saturated carbocycles. The van der Waals surface area contributed by atoms with E-state index in [0.717, 1.165) is 12.1 Å². The molecule has 16 heteroatoms. The van der Waals surface area contributed by atoms with Crippen LogP contribution >= 0.6 is 11.3 Å². The summed E-state index contributed by atoms with van der Waals surface area (Å²) in [5, 5.41) is 6.67. The molecular formula is C21H21F5N6O3S2. The number of aromatic nitrogens is 3. The van der Waals surface area contributed by atoms with E-state index < -0.39 is 39.6 Å². The van der Waals surface area contributed by atoms with Gasteiger partial charge in [0, 0.05) is 37.8 Å². The van der Waals surface area contributed by atoms with Gasteiger partial charge in [-0.3, -0.25) is 4.72 Å². The van der Waals surface area contributed by atoms with Gasteiger partial charge in [0.25, 0.3) is 0 Å². The highest BCUT2D eigenvalue weighted by Gasteiger charge is 2.35. The third kappa shape index (κ3) is 7.45. The topological polar surface area (TPSA) is 118 Å². The summed E-state index contributed by atoms with van der Waals surface area (Å²) in [4.78, 5) is 13.4. The van der Waals surface area contributed by atoms with Gasteiger partial charge in [-0.2, -0.15) is 13.2 Å². The number of halogens is 5. The Bertz CT molecular complexity index is 1370. The largest absolute Gasteiger partial charge is 0.437 e. The van der Waals surface area contributed by atoms with Gasteiger partial charge in [0.15, 0.2) is 11.6 Å². The molecule has 0 bridgehead atoms. The second-order valence-corrected chi connectivity index (χ2v) is 11.1. The highest BCUT2D eigenvalue weighted by atomic mass is 32.2. The summed E-state index contributed by atoms with van der Waals surface area (Å²) >= 11 is 1.24. The predicted molar refractivity (Wildman–Crippen MR) is 128 cm³/mol. The first-order valence-corrected chi connectivity index (χ1v) is 13.3. The third-order valence-corrected chi connectivity index (χ3v) is 7.21. The molecule has 37 heavy (non-hydrogen) atoms. The zero-order valence-electron chi connectivity index (χ0n) is 19.1. The maximum Gasteiger partial charge on any atom is 0.404 e. The number of sulfonamides is 1. The minimum absolute atomic E-state index is 0.0718. The van der Waals surface area contributed by atoms with Crippen LogP contribution in [0.3, 0.4) is 0 Å². The maximum atomic E-state index is 14.5. The number of rotatable bonds is 8. The van der Waals surface area contributed by atoms with Crippen LogP contribution in [0.5, 0.6) is 11.6 Å². The smallest absolute Gasteiger partial charge is 0.404 e. The molecule has 2 atom stereocenters. The molecule has 0 amide bonds. The first-order chi connectivity index (χ1) is 17.4. The van der Waals surface area contributed by atoms with Gasteiger partial charge in [-0.05, 0) is 25.1 Å². The number of anilines is 2. The van der Waals surface area contributed by atoms with Gasteiger partial charge in [0.05, 0.1) is 16.4 Å². The third-order valence-electron chi connectivity index (χ3n) is 5.00. The summed E-state index contributed by atoms with van der Waals surface area (Å²) in [7, 11) is -4.86. The molecule has 2 aromatic heterocycles. The van der Waals surface area contributed by atoms with Crippen molar-refractivity contribution in [3.8, 4) is 22.2 Å². The van der Waals surface area contributed by atoms with Crippen LogP contribution in [0.15, 0.2) is 30.5 Å². The standard InChI is InChI=1S/C21H21F5N6O3S2/c1-11-29-19(35-14-2-3-16(15(23)7-14)32-37(33,34)10-21(24,25)26)18(36-11)17-4-5-28-20(31-17)30-13-6-12(22)8-27-9-13/h2-5,7,12-13,27,32H,6,8-10H2,1H3,(H,28,30,31)/t12-,13-/m0/s1. The van der Waals surface area contributed by atoms with E-state index in [1.54, 1.807) is 17.7 Å². The summed E-state index contributed by atoms with van der Waals surface area (Å²) < 4.78 is 96.0. The van der Waals surface area contributed by atoms with Crippen molar-refractivity contribution in [3.05, 3.63) is 41.3 Å². The van der Waals surface area contributed by atoms with Crippen LogP contribution < -0.4 is 20.1 Å². The number of piperidine rings is 1. The number of benzene rings is 1. The highest BCUT2D eigenvalue weighted by molar-refractivity contribution is 7.92. The molecule has 3 aromatic rings. The average Bonchev–Trinajstić information content (AvgIpc) is 3.14. The van der Waals surface area contributed by atoms with Gasteiger partial charge in [0.2, 0.25) is 21.9 Å². The molecule has 0 aliphatic carbocycles. The number of ether oxygens (including phenoxy) is 1. The van der Waals surface area contributed by atoms with Crippen LogP contribution in [0.4, 0.5) is 33.6 Å². The molecule has 0 radical (unpaired) electrons. The summed E-state index contributed by atoms with van der Waals surface area (Å²) in [5.74, 6) is -3.01. The Morgan fingerprint density at radius 1 is 1.22 bits per heavy atom. The SMILES string of the molecule is Cc1nc(Oc2ccc(NS(=O)(=O)CC(F)(F)F)c(F)c2)c(-c2ccnc(N[C@@H]3CNC[C@@H](F)C3)n2)s1. The van der Waals surface area contributed by atoms with E-state index in [2.05, 4.69) is 25.6 Å². The van der Waals surface area contributed by atoms with E-state index >= 15 is 0 Å². The van der Waals surface area contributed by atoms with Crippen molar-refractivity contribution in [1.82, 2.24) is 20.3 Å². The zero-order valence-corrected chi connectivity index (χ0v) is 20.8. The van der Waals surface area contributed by atoms with E-state index in [-0.39, 0.29) is 23.6 Å². The van der Waals surface area contributed by atoms with Gasteiger partial charge in [-0.25, -0.2) is 32.2 Å². The first-order valence-electron chi connectivity index (χ1n) is 10.8. The van der Waals surface area contributed by atoms with Crippen molar-refractivity contribution >= 4 is 33.0 Å². The molecule has 1 saturated heterocycles. The second kappa shape index (κ2) is 10.7. The minimum atomic E-state index is -4.98. The fraction of sp³-hybridized carbons (Fsp3) is 0.381. The Kier molecular flexibility index (Phi) is 7.80. The number of nitrogens with zero attached hydrogens (tertiary/aromatic N) is 3. The molecule has 9 nitrogen and oxygen atoms in total. The lowest BCUT2D eigenvalue weighted by molar-refractivity contribution is -0.106. The Balaban J connectivity index is 1.51. The number of hydrogen-bond acceptors (Lipinski definition) is 9. The lowest BCUT2D eigenvalue weighted by atomic mass is 10.1. The lowest BCUT2D eigenvalue weighted by Gasteiger charge is -2.26. The number of aryl methyl sites for hydroxylation is 1. The zero-order chi connectivity index (χ0) is 26.8. The van der Waals surface area contributed by atoms with Crippen molar-refractivity contribution < 1.29 is 35.1 Å². The average molecular weight is 565 g/mol. The molecule has 0 spiro atoms. The van der Waals surface area contributed by atoms with Crippen LogP contribution in [-0.4, -0.2) is 60.6 Å². The molecule has 1 aromatic carbocycles. The van der Waals surface area contributed by atoms with Crippen LogP contribution in [0.25, 0.3) is 10.6 Å². The number of alkyl halides is 4. The van der Waals surface area contributed by atoms with Crippen LogP contribution in [-0.2, 0) is 10.0 Å². The minimum Gasteiger partial charge on any atom is -0.437 e. The second-order valence-electron chi connectivity index (χ2n) is 8.19. The molecule has 1 aliphatic heterocycles. The van der Waals surface area contributed by atoms with E-state index in [1.807, 2.05) is 0 Å². The van der Waals surface area contributed by atoms with Crippen LogP contribution in [0, 0.1) is 12.7 Å². The molecule has 0 unspecified atom stereocenters. The fourth-order valence-corrected chi connectivity index (χ4v) is 5.37. The van der Waals surface area contributed by atoms with E-state index in [9.17, 15) is 30.4 Å². The molecule has 3 N–H and O–H groups in total. The van der Waals surface area contributed by atoms with Crippen molar-refractivity contribution in [2.45, 2.75) is 31.7 Å². The molecule has 1 aliphatic rings. The highest BCUT2D eigenvalue weighted by Crippen LogP contribution is 2.38. The van der Waals surface area contributed by atoms with Crippen LogP contribution in [0.1, 0.15) is 11.4 Å². The summed E-state index contributed by atoms with van der Waals surface area (Å²) in [5.41, 5.74) is -0.221. The number of thiazole rings is 1. The first kappa shape index (κ1) is 26.9. The quantitative estimate of drug-likeness (QED) is 0.348. The van der Waals surface area contributed by atoms with Gasteiger partial charge in [-0.1, -0.05) is 0 Å². The van der Waals surface area contributed by atoms with Crippen molar-refractivity contribution in [1.29, 1.82) is 0 Å². The monoisotopic (exact) mass is 564 g/mol. The molecule has 4 rings (SSSR count). The molecule has 200 valence electrons. The van der Waals surface area contributed by atoms with E-state index in [0.29, 0.717) is 35.1 Å². The summed E-state index contributed by atoms with van der Waals surface area (Å²) in [6, 6.07) is 4.36. The maximum absolute atomic E-state index is 14.5. The molecule has 3 heterocycles. The Morgan fingerprint density at radius 2 is 2.00 bits per heavy atom. The van der Waals surface area contributed by atoms with Gasteiger partial charge >= 0.3 is 6.18 Å². The number of nitrogens with one attached hydrogen (secondary N) is 3. The van der Waals surface area contributed by atoms with Gasteiger partial charge < -0.3 is 15.4 Å². The predicted octanol–water partition coefficient (Wildman–Crippen LogP) is 4.26. The van der Waals surface area contributed by atoms with Gasteiger partial charge in [0.1, 0.15) is 16.8 Å². The van der Waals surface area contributed by atoms with Crippen molar-refractivity contribution in [2.24, 2.45) is 0 Å². The summed E-state index contributed by atoms with van der Waals surface area (Å²) in [6.45, 7) is 2.56. The Hall–Kier alpha value is -3.11. The van der Waals surface area contributed by atoms with Gasteiger partial charge in [-0.15, -0.1) is 11.3 Å². The van der Waals surface area contributed by atoms with E-state index in [4.69, 9.17) is 4.74 Å². The van der Waals surface area contributed by atoms with Crippen molar-refractivity contribution in [2.75, 3.05) is 28.9 Å². The normalized spacial score (nSPS) is 18.4. The van der Waals surface area contributed by atoms with Crippen LogP contribution in [0.2, 0.25) is 0 Å². The summed E-state index contributed by atoms with van der Waals surface area (Å²) in [6.07, 6.45) is -4.15. The van der Waals surface area contributed by atoms with Crippen molar-refractivity contribution in [3.63, 3.8) is 0 Å². The molecular weight excluding hydrogens is 543 g/mol. The Morgan fingerprint density at radius 3 is 2.70 bits per heavy atom. The van der Waals surface area contributed by atoms with E-state index in [1.165, 1.54) is 23.6 Å². The fourth-order valence-electron chi connectivity index (χ4n) is 3.55.